The Morgan fingerprint density at radius 1 is 0.977 bits per heavy atom. The van der Waals surface area contributed by atoms with Gasteiger partial charge in [0.15, 0.2) is 0 Å². The zero-order chi connectivity index (χ0) is 32.4. The average Bonchev–Trinajstić information content (AvgIpc) is 2.90. The van der Waals surface area contributed by atoms with Crippen molar-refractivity contribution in [1.82, 2.24) is 14.9 Å². The topological polar surface area (TPSA) is 168 Å². The van der Waals surface area contributed by atoms with Gasteiger partial charge in [0.1, 0.15) is 11.6 Å². The van der Waals surface area contributed by atoms with E-state index in [1.54, 1.807) is 45.9 Å². The molecule has 0 saturated carbocycles. The fraction of sp³-hybridized carbons (Fsp3) is 0.516. The number of aliphatic hydroxyl groups is 1. The Kier molecular flexibility index (Phi) is 12.7. The zero-order valence-electron chi connectivity index (χ0n) is 25.9. The predicted octanol–water partition coefficient (Wildman–Crippen LogP) is 2.97. The fourth-order valence-corrected chi connectivity index (χ4v) is 5.82. The summed E-state index contributed by atoms with van der Waals surface area (Å²) in [7, 11) is -3.97. The first kappa shape index (κ1) is 35.7. The van der Waals surface area contributed by atoms with Crippen LogP contribution in [0.15, 0.2) is 65.6 Å². The molecule has 5 N–H and O–H groups in total. The van der Waals surface area contributed by atoms with Gasteiger partial charge in [-0.25, -0.2) is 13.2 Å². The van der Waals surface area contributed by atoms with Crippen molar-refractivity contribution in [3.63, 3.8) is 0 Å². The summed E-state index contributed by atoms with van der Waals surface area (Å²) in [6.07, 6.45) is -2.11. The lowest BCUT2D eigenvalue weighted by Crippen LogP contribution is -2.60. The molecular formula is C31H46N4O7S. The molecule has 0 aliphatic carbocycles. The van der Waals surface area contributed by atoms with Gasteiger partial charge in [0, 0.05) is 13.1 Å². The summed E-state index contributed by atoms with van der Waals surface area (Å²) >= 11 is 0. The van der Waals surface area contributed by atoms with Crippen LogP contribution < -0.4 is 16.4 Å². The maximum Gasteiger partial charge on any atom is 0.408 e. The van der Waals surface area contributed by atoms with Crippen LogP contribution >= 0.6 is 0 Å². The van der Waals surface area contributed by atoms with E-state index in [1.807, 2.05) is 44.2 Å². The Hall–Kier alpha value is -3.48. The molecule has 0 aliphatic heterocycles. The van der Waals surface area contributed by atoms with Gasteiger partial charge < -0.3 is 26.2 Å². The fourth-order valence-electron chi connectivity index (χ4n) is 4.34. The highest BCUT2D eigenvalue weighted by Crippen LogP contribution is 2.23. The van der Waals surface area contributed by atoms with Gasteiger partial charge in [0.05, 0.1) is 23.0 Å². The molecule has 43 heavy (non-hydrogen) atoms. The van der Waals surface area contributed by atoms with E-state index < -0.39 is 57.6 Å². The second-order valence-electron chi connectivity index (χ2n) is 12.3. The minimum atomic E-state index is -3.97. The number of ether oxygens (including phenoxy) is 1. The quantitative estimate of drug-likeness (QED) is 0.238. The smallest absolute Gasteiger partial charge is 0.408 e. The van der Waals surface area contributed by atoms with E-state index in [4.69, 9.17) is 10.5 Å². The predicted molar refractivity (Wildman–Crippen MR) is 164 cm³/mol. The van der Waals surface area contributed by atoms with Crippen molar-refractivity contribution in [2.75, 3.05) is 13.1 Å². The van der Waals surface area contributed by atoms with Gasteiger partial charge in [-0.05, 0) is 64.2 Å². The van der Waals surface area contributed by atoms with Gasteiger partial charge in [0.25, 0.3) is 0 Å². The van der Waals surface area contributed by atoms with E-state index in [1.165, 1.54) is 16.4 Å². The first-order chi connectivity index (χ1) is 19.9. The van der Waals surface area contributed by atoms with Crippen LogP contribution in [0, 0.1) is 5.92 Å². The van der Waals surface area contributed by atoms with E-state index in [0.717, 1.165) is 5.56 Å². The average molecular weight is 619 g/mol. The van der Waals surface area contributed by atoms with E-state index in [9.17, 15) is 27.9 Å². The summed E-state index contributed by atoms with van der Waals surface area (Å²) in [4.78, 5) is 37.7. The third kappa shape index (κ3) is 11.6. The van der Waals surface area contributed by atoms with Crippen LogP contribution in [0.4, 0.5) is 4.79 Å². The van der Waals surface area contributed by atoms with Crippen molar-refractivity contribution in [2.45, 2.75) is 89.0 Å². The third-order valence-electron chi connectivity index (χ3n) is 6.71. The molecule has 0 heterocycles. The highest BCUT2D eigenvalue weighted by molar-refractivity contribution is 7.89. The Morgan fingerprint density at radius 3 is 2.05 bits per heavy atom. The maximum atomic E-state index is 13.6. The Labute approximate surface area is 255 Å². The molecule has 0 bridgehead atoms. The molecule has 3 amide bonds. The summed E-state index contributed by atoms with van der Waals surface area (Å²) < 4.78 is 33.7. The molecule has 2 aromatic rings. The minimum Gasteiger partial charge on any atom is -0.444 e. The van der Waals surface area contributed by atoms with Gasteiger partial charge in [-0.15, -0.1) is 0 Å². The number of amides is 3. The number of nitrogens with one attached hydrogen (secondary N) is 2. The summed E-state index contributed by atoms with van der Waals surface area (Å²) in [5.41, 5.74) is 4.02. The lowest BCUT2D eigenvalue weighted by atomic mass is 9.86. The lowest BCUT2D eigenvalue weighted by molar-refractivity contribution is -0.129. The van der Waals surface area contributed by atoms with Crippen LogP contribution in [0.2, 0.25) is 0 Å². The normalized spacial score (nSPS) is 14.9. The van der Waals surface area contributed by atoms with Crippen LogP contribution in [-0.2, 0) is 30.8 Å². The molecule has 12 heteroatoms. The molecule has 0 saturated heterocycles. The van der Waals surface area contributed by atoms with Gasteiger partial charge in [-0.3, -0.25) is 9.59 Å². The number of nitrogens with zero attached hydrogens (tertiary/aromatic N) is 1. The van der Waals surface area contributed by atoms with Crippen molar-refractivity contribution in [3.05, 3.63) is 66.2 Å². The number of alkyl carbamates (subject to hydrolysis) is 1. The Bertz CT molecular complexity index is 1310. The SMILES string of the molecule is CC(C)CCN(C[C@@H](O)[C@](C)(Cc1ccccc1)NC(=O)C[C@H](NC(=O)OC(C)(C)C)C(N)=O)S(=O)(=O)c1ccccc1. The third-order valence-corrected chi connectivity index (χ3v) is 8.59. The van der Waals surface area contributed by atoms with Gasteiger partial charge >= 0.3 is 6.09 Å². The Balaban J connectivity index is 2.36. The number of sulfonamides is 1. The molecule has 0 unspecified atom stereocenters. The van der Waals surface area contributed by atoms with E-state index >= 15 is 0 Å². The summed E-state index contributed by atoms with van der Waals surface area (Å²) in [6, 6.07) is 15.7. The summed E-state index contributed by atoms with van der Waals surface area (Å²) in [6.45, 7) is 10.4. The molecule has 11 nitrogen and oxygen atoms in total. The number of primary amides is 1. The first-order valence-electron chi connectivity index (χ1n) is 14.3. The van der Waals surface area contributed by atoms with Gasteiger partial charge in [-0.2, -0.15) is 4.31 Å². The molecule has 0 radical (unpaired) electrons. The molecular weight excluding hydrogens is 572 g/mol. The molecule has 0 aliphatic rings. The van der Waals surface area contributed by atoms with Crippen LogP contribution in [0.3, 0.4) is 0 Å². The van der Waals surface area contributed by atoms with Crippen molar-refractivity contribution in [3.8, 4) is 0 Å². The number of rotatable bonds is 15. The number of aliphatic hydroxyl groups excluding tert-OH is 1. The molecule has 0 spiro atoms. The van der Waals surface area contributed by atoms with E-state index in [2.05, 4.69) is 10.6 Å². The highest BCUT2D eigenvalue weighted by Gasteiger charge is 2.39. The van der Waals surface area contributed by atoms with E-state index in [0.29, 0.717) is 6.42 Å². The summed E-state index contributed by atoms with van der Waals surface area (Å²) in [5, 5.41) is 16.8. The molecule has 2 aromatic carbocycles. The minimum absolute atomic E-state index is 0.0947. The summed E-state index contributed by atoms with van der Waals surface area (Å²) in [5.74, 6) is -1.43. The highest BCUT2D eigenvalue weighted by atomic mass is 32.2. The molecule has 2 rings (SSSR count). The number of benzene rings is 2. The van der Waals surface area contributed by atoms with Gasteiger partial charge in [0.2, 0.25) is 21.8 Å². The largest absolute Gasteiger partial charge is 0.444 e. The molecule has 238 valence electrons. The number of carbonyl (C=O) groups is 3. The van der Waals surface area contributed by atoms with E-state index in [-0.39, 0.29) is 30.3 Å². The number of hydrogen-bond donors (Lipinski definition) is 4. The van der Waals surface area contributed by atoms with Crippen molar-refractivity contribution >= 4 is 27.9 Å². The van der Waals surface area contributed by atoms with Crippen LogP contribution in [0.25, 0.3) is 0 Å². The molecule has 0 aromatic heterocycles. The lowest BCUT2D eigenvalue weighted by Gasteiger charge is -2.38. The standard InChI is InChI=1S/C31H46N4O7S/c1-22(2)17-18-35(43(40,41)24-15-11-8-12-16-24)21-26(36)31(6,20-23-13-9-7-10-14-23)34-27(37)19-25(28(32)38)33-29(39)42-30(3,4)5/h7-16,22,25-26,36H,17-21H2,1-6H3,(H2,32,38)(H,33,39)(H,34,37)/t25-,26+,31-/m0/s1. The second kappa shape index (κ2) is 15.3. The van der Waals surface area contributed by atoms with Gasteiger partial charge in [-0.1, -0.05) is 62.4 Å². The van der Waals surface area contributed by atoms with Crippen molar-refractivity contribution in [1.29, 1.82) is 0 Å². The Morgan fingerprint density at radius 2 is 1.53 bits per heavy atom. The number of carbonyl (C=O) groups excluding carboxylic acids is 3. The van der Waals surface area contributed by atoms with Crippen LogP contribution in [0.5, 0.6) is 0 Å². The number of nitrogens with two attached hydrogens (primary N) is 1. The first-order valence-corrected chi connectivity index (χ1v) is 15.7. The zero-order valence-corrected chi connectivity index (χ0v) is 26.7. The number of hydrogen-bond acceptors (Lipinski definition) is 7. The van der Waals surface area contributed by atoms with Crippen molar-refractivity contribution < 1.29 is 32.6 Å². The molecule has 0 fully saturated rings. The second-order valence-corrected chi connectivity index (χ2v) is 14.2. The van der Waals surface area contributed by atoms with Crippen LogP contribution in [-0.4, -0.2) is 72.1 Å². The monoisotopic (exact) mass is 618 g/mol. The maximum absolute atomic E-state index is 13.6. The van der Waals surface area contributed by atoms with Crippen molar-refractivity contribution in [2.24, 2.45) is 11.7 Å². The van der Waals surface area contributed by atoms with Crippen LogP contribution in [0.1, 0.15) is 59.9 Å². The molecule has 3 atom stereocenters.